The summed E-state index contributed by atoms with van der Waals surface area (Å²) >= 11 is 1.13. The van der Waals surface area contributed by atoms with Gasteiger partial charge in [0, 0.05) is 23.9 Å². The number of benzene rings is 1. The SMILES string of the molecule is CCOC(=O)Nc1nc2c(s1)CN(S(=O)(=O)c1cc(F)cc(F)c1)CC2. The molecule has 0 spiro atoms. The fourth-order valence-electron chi connectivity index (χ4n) is 2.51. The standard InChI is InChI=1S/C15H15F2N3O4S2/c1-2-24-15(21)19-14-18-12-3-4-20(8-13(12)25-14)26(22,23)11-6-9(16)5-10(17)7-11/h5-7H,2-4,8H2,1H3,(H,18,19,21). The normalized spacial score (nSPS) is 14.7. The molecule has 0 saturated carbocycles. The first-order valence-corrected chi connectivity index (χ1v) is 9.94. The van der Waals surface area contributed by atoms with E-state index >= 15 is 0 Å². The lowest BCUT2D eigenvalue weighted by atomic mass is 10.2. The van der Waals surface area contributed by atoms with Gasteiger partial charge in [-0.15, -0.1) is 0 Å². The smallest absolute Gasteiger partial charge is 0.413 e. The van der Waals surface area contributed by atoms with Crippen molar-refractivity contribution in [1.29, 1.82) is 0 Å². The van der Waals surface area contributed by atoms with Crippen LogP contribution in [0.4, 0.5) is 18.7 Å². The number of sulfonamides is 1. The largest absolute Gasteiger partial charge is 0.450 e. The third kappa shape index (κ3) is 3.84. The lowest BCUT2D eigenvalue weighted by molar-refractivity contribution is 0.168. The van der Waals surface area contributed by atoms with Gasteiger partial charge in [0.1, 0.15) is 11.6 Å². The number of carbonyl (C=O) groups is 1. The molecule has 2 heterocycles. The number of carbonyl (C=O) groups excluding carboxylic acids is 1. The maximum absolute atomic E-state index is 13.4. The highest BCUT2D eigenvalue weighted by molar-refractivity contribution is 7.89. The zero-order chi connectivity index (χ0) is 18.9. The quantitative estimate of drug-likeness (QED) is 0.848. The van der Waals surface area contributed by atoms with Crippen LogP contribution in [-0.4, -0.2) is 37.0 Å². The van der Waals surface area contributed by atoms with Gasteiger partial charge in [-0.25, -0.2) is 27.0 Å². The first-order chi connectivity index (χ1) is 12.3. The Hall–Kier alpha value is -2.11. The maximum atomic E-state index is 13.4. The minimum absolute atomic E-state index is 0.0119. The van der Waals surface area contributed by atoms with E-state index in [0.29, 0.717) is 28.2 Å². The molecular formula is C15H15F2N3O4S2. The summed E-state index contributed by atoms with van der Waals surface area (Å²) in [5.74, 6) is -1.92. The Morgan fingerprint density at radius 3 is 2.69 bits per heavy atom. The van der Waals surface area contributed by atoms with Gasteiger partial charge in [0.2, 0.25) is 10.0 Å². The lowest BCUT2D eigenvalue weighted by Gasteiger charge is -2.25. The molecular weight excluding hydrogens is 388 g/mol. The Bertz CT molecular complexity index is 926. The number of aromatic nitrogens is 1. The van der Waals surface area contributed by atoms with E-state index in [2.05, 4.69) is 10.3 Å². The van der Waals surface area contributed by atoms with E-state index in [-0.39, 0.29) is 19.7 Å². The van der Waals surface area contributed by atoms with Crippen LogP contribution in [0.2, 0.25) is 0 Å². The second-order valence-corrected chi connectivity index (χ2v) is 8.45. The van der Waals surface area contributed by atoms with Crippen LogP contribution in [0.5, 0.6) is 0 Å². The fraction of sp³-hybridized carbons (Fsp3) is 0.333. The molecule has 1 aromatic heterocycles. The monoisotopic (exact) mass is 403 g/mol. The number of fused-ring (bicyclic) bond motifs is 1. The molecule has 1 N–H and O–H groups in total. The molecule has 1 aliphatic rings. The third-order valence-corrected chi connectivity index (χ3v) is 6.48. The summed E-state index contributed by atoms with van der Waals surface area (Å²) in [6, 6.07) is 2.19. The molecule has 3 rings (SSSR count). The molecule has 0 radical (unpaired) electrons. The van der Waals surface area contributed by atoms with Gasteiger partial charge < -0.3 is 4.74 Å². The number of nitrogens with one attached hydrogen (secondary N) is 1. The lowest BCUT2D eigenvalue weighted by Crippen LogP contribution is -2.35. The molecule has 0 bridgehead atoms. The Morgan fingerprint density at radius 1 is 1.35 bits per heavy atom. The molecule has 26 heavy (non-hydrogen) atoms. The van der Waals surface area contributed by atoms with Crippen molar-refractivity contribution in [1.82, 2.24) is 9.29 Å². The number of amides is 1. The summed E-state index contributed by atoms with van der Waals surface area (Å²) in [6.07, 6.45) is -0.314. The summed E-state index contributed by atoms with van der Waals surface area (Å²) in [5.41, 5.74) is 0.679. The molecule has 0 aliphatic carbocycles. The van der Waals surface area contributed by atoms with Gasteiger partial charge in [-0.3, -0.25) is 5.32 Å². The zero-order valence-electron chi connectivity index (χ0n) is 13.7. The van der Waals surface area contributed by atoms with Gasteiger partial charge in [0.25, 0.3) is 0 Å². The molecule has 1 aromatic carbocycles. The Kier molecular flexibility index (Phi) is 5.21. The fourth-order valence-corrected chi connectivity index (χ4v) is 5.05. The van der Waals surface area contributed by atoms with Crippen molar-refractivity contribution < 1.29 is 26.7 Å². The molecule has 1 amide bonds. The predicted molar refractivity (Wildman–Crippen MR) is 90.4 cm³/mol. The third-order valence-electron chi connectivity index (χ3n) is 3.65. The van der Waals surface area contributed by atoms with E-state index in [0.717, 1.165) is 27.8 Å². The van der Waals surface area contributed by atoms with E-state index in [4.69, 9.17) is 4.74 Å². The van der Waals surface area contributed by atoms with E-state index in [1.165, 1.54) is 0 Å². The van der Waals surface area contributed by atoms with Crippen molar-refractivity contribution >= 4 is 32.6 Å². The van der Waals surface area contributed by atoms with Crippen LogP contribution < -0.4 is 5.32 Å². The number of hydrogen-bond acceptors (Lipinski definition) is 6. The van der Waals surface area contributed by atoms with Crippen LogP contribution in [0, 0.1) is 11.6 Å². The highest BCUT2D eigenvalue weighted by atomic mass is 32.2. The number of anilines is 1. The Labute approximate surface area is 152 Å². The average molecular weight is 403 g/mol. The second kappa shape index (κ2) is 7.25. The van der Waals surface area contributed by atoms with Crippen molar-refractivity contribution in [3.8, 4) is 0 Å². The first-order valence-electron chi connectivity index (χ1n) is 7.68. The predicted octanol–water partition coefficient (Wildman–Crippen LogP) is 2.74. The van der Waals surface area contributed by atoms with Crippen LogP contribution in [0.25, 0.3) is 0 Å². The molecule has 0 saturated heterocycles. The van der Waals surface area contributed by atoms with Crippen molar-refractivity contribution in [3.05, 3.63) is 40.4 Å². The summed E-state index contributed by atoms with van der Waals surface area (Å²) in [5, 5.41) is 2.79. The molecule has 0 atom stereocenters. The minimum atomic E-state index is -4.05. The number of rotatable bonds is 4. The molecule has 0 fully saturated rings. The maximum Gasteiger partial charge on any atom is 0.413 e. The van der Waals surface area contributed by atoms with Crippen molar-refractivity contribution in [2.75, 3.05) is 18.5 Å². The van der Waals surface area contributed by atoms with Gasteiger partial charge in [0.15, 0.2) is 5.13 Å². The zero-order valence-corrected chi connectivity index (χ0v) is 15.3. The minimum Gasteiger partial charge on any atom is -0.450 e. The number of thiazole rings is 1. The van der Waals surface area contributed by atoms with Gasteiger partial charge in [-0.2, -0.15) is 4.31 Å². The Morgan fingerprint density at radius 2 is 2.04 bits per heavy atom. The van der Waals surface area contributed by atoms with Gasteiger partial charge in [-0.05, 0) is 19.1 Å². The molecule has 7 nitrogen and oxygen atoms in total. The van der Waals surface area contributed by atoms with E-state index in [1.807, 2.05) is 0 Å². The molecule has 140 valence electrons. The van der Waals surface area contributed by atoms with E-state index in [1.54, 1.807) is 6.92 Å². The number of halogens is 2. The summed E-state index contributed by atoms with van der Waals surface area (Å²) in [4.78, 5) is 15.9. The highest BCUT2D eigenvalue weighted by Gasteiger charge is 2.31. The topological polar surface area (TPSA) is 88.6 Å². The number of hydrogen-bond donors (Lipinski definition) is 1. The van der Waals surface area contributed by atoms with Gasteiger partial charge in [0.05, 0.1) is 23.7 Å². The van der Waals surface area contributed by atoms with Crippen LogP contribution in [-0.2, 0) is 27.7 Å². The van der Waals surface area contributed by atoms with Crippen LogP contribution >= 0.6 is 11.3 Å². The number of ether oxygens (including phenoxy) is 1. The van der Waals surface area contributed by atoms with Gasteiger partial charge >= 0.3 is 6.09 Å². The number of nitrogens with zero attached hydrogens (tertiary/aromatic N) is 2. The second-order valence-electron chi connectivity index (χ2n) is 5.43. The summed E-state index contributed by atoms with van der Waals surface area (Å²) in [7, 11) is -4.05. The highest BCUT2D eigenvalue weighted by Crippen LogP contribution is 2.31. The van der Waals surface area contributed by atoms with Crippen molar-refractivity contribution in [2.24, 2.45) is 0 Å². The van der Waals surface area contributed by atoms with Crippen LogP contribution in [0.3, 0.4) is 0 Å². The van der Waals surface area contributed by atoms with Crippen LogP contribution in [0.1, 0.15) is 17.5 Å². The Balaban J connectivity index is 1.81. The molecule has 11 heteroatoms. The van der Waals surface area contributed by atoms with Crippen LogP contribution in [0.15, 0.2) is 23.1 Å². The van der Waals surface area contributed by atoms with Gasteiger partial charge in [-0.1, -0.05) is 11.3 Å². The summed E-state index contributed by atoms with van der Waals surface area (Å²) < 4.78 is 58.0. The molecule has 0 unspecified atom stereocenters. The molecule has 2 aromatic rings. The van der Waals surface area contributed by atoms with Crippen molar-refractivity contribution in [2.45, 2.75) is 24.8 Å². The van der Waals surface area contributed by atoms with E-state index in [9.17, 15) is 22.0 Å². The summed E-state index contributed by atoms with van der Waals surface area (Å²) in [6.45, 7) is 2.02. The average Bonchev–Trinajstić information content (AvgIpc) is 2.95. The van der Waals surface area contributed by atoms with Crippen molar-refractivity contribution in [3.63, 3.8) is 0 Å². The molecule has 1 aliphatic heterocycles. The van der Waals surface area contributed by atoms with E-state index < -0.39 is 32.6 Å². The first kappa shape index (κ1) is 18.7.